The Bertz CT molecular complexity index is 406. The van der Waals surface area contributed by atoms with Gasteiger partial charge in [-0.1, -0.05) is 17.7 Å². The van der Waals surface area contributed by atoms with Crippen LogP contribution in [0, 0.1) is 5.82 Å². The van der Waals surface area contributed by atoms with Gasteiger partial charge in [0, 0.05) is 0 Å². The Morgan fingerprint density at radius 2 is 2.12 bits per heavy atom. The van der Waals surface area contributed by atoms with Crippen LogP contribution in [0.25, 0.3) is 0 Å². The Morgan fingerprint density at radius 1 is 1.47 bits per heavy atom. The third-order valence-corrected chi connectivity index (χ3v) is 2.31. The molecule has 1 rings (SSSR count). The van der Waals surface area contributed by atoms with E-state index in [1.807, 2.05) is 5.32 Å². The van der Waals surface area contributed by atoms with E-state index in [1.54, 1.807) is 0 Å². The van der Waals surface area contributed by atoms with Crippen molar-refractivity contribution in [3.8, 4) is 0 Å². The lowest BCUT2D eigenvalue weighted by Gasteiger charge is -2.15. The van der Waals surface area contributed by atoms with Crippen LogP contribution in [0.4, 0.5) is 13.2 Å². The Morgan fingerprint density at radius 3 is 2.65 bits per heavy atom. The smallest absolute Gasteiger partial charge is 0.277 e. The summed E-state index contributed by atoms with van der Waals surface area (Å²) in [7, 11) is 0. The van der Waals surface area contributed by atoms with Crippen molar-refractivity contribution in [3.05, 3.63) is 34.6 Å². The van der Waals surface area contributed by atoms with Crippen LogP contribution in [0.1, 0.15) is 10.4 Å². The maximum Gasteiger partial charge on any atom is 0.277 e. The summed E-state index contributed by atoms with van der Waals surface area (Å²) in [5, 5.41) is 1.74. The molecular formula is C10H10ClF3N2O. The number of benzene rings is 1. The normalized spacial score (nSPS) is 11.4. The number of amides is 1. The van der Waals surface area contributed by atoms with Crippen molar-refractivity contribution in [2.24, 2.45) is 5.73 Å². The fraction of sp³-hybridized carbons (Fsp3) is 0.300. The van der Waals surface area contributed by atoms with Gasteiger partial charge in [0.05, 0.1) is 23.7 Å². The first-order valence-electron chi connectivity index (χ1n) is 4.67. The number of carbonyl (C=O) groups excluding carboxylic acids is 1. The van der Waals surface area contributed by atoms with Crippen molar-refractivity contribution < 1.29 is 18.0 Å². The topological polar surface area (TPSA) is 55.1 Å². The maximum atomic E-state index is 13.2. The van der Waals surface area contributed by atoms with E-state index >= 15 is 0 Å². The highest BCUT2D eigenvalue weighted by molar-refractivity contribution is 6.33. The molecule has 3 N–H and O–H groups in total. The van der Waals surface area contributed by atoms with Gasteiger partial charge in [-0.15, -0.1) is 0 Å². The van der Waals surface area contributed by atoms with Crippen LogP contribution in [0.2, 0.25) is 5.02 Å². The zero-order valence-corrected chi connectivity index (χ0v) is 9.40. The first-order chi connectivity index (χ1) is 7.87. The van der Waals surface area contributed by atoms with Crippen molar-refractivity contribution in [2.75, 3.05) is 13.1 Å². The molecule has 17 heavy (non-hydrogen) atoms. The van der Waals surface area contributed by atoms with Gasteiger partial charge in [-0.05, 0) is 12.1 Å². The molecular weight excluding hydrogens is 257 g/mol. The Hall–Kier alpha value is -1.27. The molecule has 0 atom stereocenters. The lowest BCUT2D eigenvalue weighted by molar-refractivity contribution is 0.0118. The van der Waals surface area contributed by atoms with Crippen LogP contribution in [-0.2, 0) is 0 Å². The largest absolute Gasteiger partial charge is 0.346 e. The highest BCUT2D eigenvalue weighted by Gasteiger charge is 2.28. The van der Waals surface area contributed by atoms with Crippen LogP contribution < -0.4 is 11.1 Å². The predicted octanol–water partition coefficient (Wildman–Crippen LogP) is 1.80. The molecule has 0 saturated heterocycles. The minimum absolute atomic E-state index is 0.140. The van der Waals surface area contributed by atoms with Crippen LogP contribution in [0.3, 0.4) is 0 Å². The van der Waals surface area contributed by atoms with Gasteiger partial charge >= 0.3 is 0 Å². The summed E-state index contributed by atoms with van der Waals surface area (Å²) < 4.78 is 38.8. The molecule has 0 aliphatic heterocycles. The molecule has 1 amide bonds. The van der Waals surface area contributed by atoms with E-state index in [9.17, 15) is 18.0 Å². The van der Waals surface area contributed by atoms with Gasteiger partial charge in [0.2, 0.25) is 0 Å². The summed E-state index contributed by atoms with van der Waals surface area (Å²) in [5.74, 6) is -5.10. The molecule has 0 bridgehead atoms. The van der Waals surface area contributed by atoms with Crippen molar-refractivity contribution in [1.29, 1.82) is 0 Å². The number of hydrogen-bond acceptors (Lipinski definition) is 2. The zero-order chi connectivity index (χ0) is 13.1. The lowest BCUT2D eigenvalue weighted by atomic mass is 10.2. The Balaban J connectivity index is 2.78. The minimum atomic E-state index is -3.23. The zero-order valence-electron chi connectivity index (χ0n) is 8.64. The number of halogens is 4. The number of nitrogens with two attached hydrogens (primary N) is 1. The van der Waals surface area contributed by atoms with Crippen LogP contribution in [0.5, 0.6) is 0 Å². The number of alkyl halides is 2. The van der Waals surface area contributed by atoms with Crippen molar-refractivity contribution in [2.45, 2.75) is 5.92 Å². The van der Waals surface area contributed by atoms with E-state index in [-0.39, 0.29) is 5.02 Å². The van der Waals surface area contributed by atoms with Crippen LogP contribution >= 0.6 is 11.6 Å². The molecule has 7 heteroatoms. The highest BCUT2D eigenvalue weighted by atomic mass is 35.5. The van der Waals surface area contributed by atoms with Gasteiger partial charge in [0.15, 0.2) is 0 Å². The Labute approximate surface area is 101 Å². The molecule has 0 aromatic heterocycles. The fourth-order valence-electron chi connectivity index (χ4n) is 1.08. The third kappa shape index (κ3) is 3.61. The van der Waals surface area contributed by atoms with Gasteiger partial charge in [-0.2, -0.15) is 0 Å². The average Bonchev–Trinajstić information content (AvgIpc) is 2.26. The van der Waals surface area contributed by atoms with E-state index < -0.39 is 36.3 Å². The molecule has 0 heterocycles. The summed E-state index contributed by atoms with van der Waals surface area (Å²) in [6, 6.07) is 3.62. The number of rotatable bonds is 4. The molecule has 3 nitrogen and oxygen atoms in total. The molecule has 94 valence electrons. The second kappa shape index (κ2) is 5.37. The molecule has 0 aliphatic carbocycles. The second-order valence-electron chi connectivity index (χ2n) is 3.34. The van der Waals surface area contributed by atoms with Crippen molar-refractivity contribution in [3.63, 3.8) is 0 Å². The van der Waals surface area contributed by atoms with E-state index in [0.717, 1.165) is 6.07 Å². The molecule has 0 aliphatic rings. The van der Waals surface area contributed by atoms with Gasteiger partial charge in [0.25, 0.3) is 11.8 Å². The lowest BCUT2D eigenvalue weighted by Crippen LogP contribution is -2.41. The van der Waals surface area contributed by atoms with E-state index in [4.69, 9.17) is 17.3 Å². The van der Waals surface area contributed by atoms with E-state index in [1.165, 1.54) is 12.1 Å². The maximum absolute atomic E-state index is 13.2. The van der Waals surface area contributed by atoms with Gasteiger partial charge < -0.3 is 11.1 Å². The molecule has 0 unspecified atom stereocenters. The average molecular weight is 267 g/mol. The minimum Gasteiger partial charge on any atom is -0.346 e. The molecule has 0 spiro atoms. The summed E-state index contributed by atoms with van der Waals surface area (Å²) in [5.41, 5.74) is 4.33. The second-order valence-corrected chi connectivity index (χ2v) is 3.75. The monoisotopic (exact) mass is 266 g/mol. The first kappa shape index (κ1) is 13.8. The molecule has 1 aromatic rings. The molecule has 0 radical (unpaired) electrons. The fourth-order valence-corrected chi connectivity index (χ4v) is 1.33. The van der Waals surface area contributed by atoms with E-state index in [0.29, 0.717) is 0 Å². The summed E-state index contributed by atoms with van der Waals surface area (Å²) in [4.78, 5) is 11.4. The third-order valence-electron chi connectivity index (χ3n) is 2.00. The van der Waals surface area contributed by atoms with Gasteiger partial charge in [-0.25, -0.2) is 13.2 Å². The summed E-state index contributed by atoms with van der Waals surface area (Å²) in [6.07, 6.45) is 0. The van der Waals surface area contributed by atoms with Gasteiger partial charge in [-0.3, -0.25) is 4.79 Å². The first-order valence-corrected chi connectivity index (χ1v) is 5.05. The highest BCUT2D eigenvalue weighted by Crippen LogP contribution is 2.19. The number of carbonyl (C=O) groups is 1. The molecule has 0 saturated carbocycles. The van der Waals surface area contributed by atoms with Crippen LogP contribution in [0.15, 0.2) is 18.2 Å². The van der Waals surface area contributed by atoms with Gasteiger partial charge in [0.1, 0.15) is 5.82 Å². The summed E-state index contributed by atoms with van der Waals surface area (Å²) in [6.45, 7) is -1.87. The Kier molecular flexibility index (Phi) is 4.36. The van der Waals surface area contributed by atoms with Crippen molar-refractivity contribution in [1.82, 2.24) is 5.32 Å². The van der Waals surface area contributed by atoms with E-state index in [2.05, 4.69) is 0 Å². The number of hydrogen-bond donors (Lipinski definition) is 2. The van der Waals surface area contributed by atoms with Crippen molar-refractivity contribution >= 4 is 17.5 Å². The predicted molar refractivity (Wildman–Crippen MR) is 57.7 cm³/mol. The number of nitrogens with one attached hydrogen (secondary N) is 1. The SMILES string of the molecule is NCC(F)(F)CNC(=O)c1c(F)cccc1Cl. The summed E-state index contributed by atoms with van der Waals surface area (Å²) >= 11 is 5.60. The molecule has 0 fully saturated rings. The molecule has 1 aromatic carbocycles. The quantitative estimate of drug-likeness (QED) is 0.873. The van der Waals surface area contributed by atoms with Crippen LogP contribution in [-0.4, -0.2) is 24.9 Å². The standard InChI is InChI=1S/C10H10ClF3N2O/c11-6-2-1-3-7(12)8(6)9(17)16-5-10(13,14)4-15/h1-3H,4-5,15H2,(H,16,17).